The van der Waals surface area contributed by atoms with Crippen molar-refractivity contribution in [2.75, 3.05) is 5.73 Å². The molecule has 0 amide bonds. The predicted molar refractivity (Wildman–Crippen MR) is 70.1 cm³/mol. The van der Waals surface area contributed by atoms with E-state index in [1.54, 1.807) is 0 Å². The first-order valence-electron chi connectivity index (χ1n) is 5.07. The molecule has 0 radical (unpaired) electrons. The minimum Gasteiger partial charge on any atom is -0.397 e. The number of alkyl halides is 3. The second-order valence-corrected chi connectivity index (χ2v) is 5.65. The molecule has 20 heavy (non-hydrogen) atoms. The van der Waals surface area contributed by atoms with E-state index in [2.05, 4.69) is 0 Å². The molecule has 0 spiro atoms. The highest BCUT2D eigenvalue weighted by Gasteiger charge is 2.30. The molecule has 0 saturated carbocycles. The summed E-state index contributed by atoms with van der Waals surface area (Å²) in [5, 5.41) is 0. The number of benzene rings is 1. The van der Waals surface area contributed by atoms with Gasteiger partial charge in [0, 0.05) is 12.4 Å². The topological polar surface area (TPSA) is 65.1 Å². The highest BCUT2D eigenvalue weighted by molar-refractivity contribution is 7.90. The zero-order valence-corrected chi connectivity index (χ0v) is 11.5. The van der Waals surface area contributed by atoms with E-state index >= 15 is 0 Å². The lowest BCUT2D eigenvalue weighted by molar-refractivity contribution is -0.137. The summed E-state index contributed by atoms with van der Waals surface area (Å²) in [4.78, 5) is -0.240. The van der Waals surface area contributed by atoms with E-state index < -0.39 is 21.8 Å². The molecule has 0 fully saturated rings. The minimum atomic E-state index is -4.50. The van der Waals surface area contributed by atoms with Gasteiger partial charge in [-0.05, 0) is 30.3 Å². The molecule has 2 aromatic rings. The Labute approximate surface area is 119 Å². The van der Waals surface area contributed by atoms with Gasteiger partial charge in [-0.1, -0.05) is 0 Å². The van der Waals surface area contributed by atoms with Crippen LogP contribution in [0.3, 0.4) is 0 Å². The SMILES string of the molecule is Cl.Nc1ccn(S(=O)(=O)c2ccc(C(F)(F)F)cc2)c1. The van der Waals surface area contributed by atoms with Crippen LogP contribution in [0.1, 0.15) is 5.56 Å². The van der Waals surface area contributed by atoms with Gasteiger partial charge in [-0.15, -0.1) is 12.4 Å². The molecule has 0 bridgehead atoms. The Morgan fingerprint density at radius 3 is 2.00 bits per heavy atom. The Morgan fingerprint density at radius 2 is 1.60 bits per heavy atom. The van der Waals surface area contributed by atoms with Gasteiger partial charge >= 0.3 is 6.18 Å². The highest BCUT2D eigenvalue weighted by Crippen LogP contribution is 2.30. The zero-order valence-electron chi connectivity index (χ0n) is 9.83. The second kappa shape index (κ2) is 5.37. The normalized spacial score (nSPS) is 11.9. The van der Waals surface area contributed by atoms with Gasteiger partial charge in [-0.25, -0.2) is 12.4 Å². The smallest absolute Gasteiger partial charge is 0.397 e. The Kier molecular flexibility index (Phi) is 4.40. The molecule has 0 saturated heterocycles. The molecule has 0 aliphatic carbocycles. The monoisotopic (exact) mass is 326 g/mol. The van der Waals surface area contributed by atoms with Gasteiger partial charge in [-0.2, -0.15) is 13.2 Å². The fourth-order valence-corrected chi connectivity index (χ4v) is 2.68. The maximum atomic E-state index is 12.4. The zero-order chi connectivity index (χ0) is 14.3. The van der Waals surface area contributed by atoms with E-state index in [-0.39, 0.29) is 23.0 Å². The summed E-state index contributed by atoms with van der Waals surface area (Å²) in [6.07, 6.45) is -2.10. The van der Waals surface area contributed by atoms with Crippen molar-refractivity contribution in [1.82, 2.24) is 3.97 Å². The average molecular weight is 327 g/mol. The summed E-state index contributed by atoms with van der Waals surface area (Å²) in [5.41, 5.74) is 4.74. The summed E-state index contributed by atoms with van der Waals surface area (Å²) >= 11 is 0. The third-order valence-electron chi connectivity index (χ3n) is 2.45. The average Bonchev–Trinajstić information content (AvgIpc) is 2.76. The van der Waals surface area contributed by atoms with Crippen molar-refractivity contribution in [3.8, 4) is 0 Å². The van der Waals surface area contributed by atoms with Crippen molar-refractivity contribution < 1.29 is 21.6 Å². The summed E-state index contributed by atoms with van der Waals surface area (Å²) in [6.45, 7) is 0. The Hall–Kier alpha value is -1.67. The molecule has 2 N–H and O–H groups in total. The second-order valence-electron chi connectivity index (χ2n) is 3.80. The fraction of sp³-hybridized carbons (Fsp3) is 0.0909. The highest BCUT2D eigenvalue weighted by atomic mass is 35.5. The summed E-state index contributed by atoms with van der Waals surface area (Å²) in [7, 11) is -3.91. The molecule has 0 aliphatic rings. The maximum Gasteiger partial charge on any atom is 0.416 e. The molecule has 4 nitrogen and oxygen atoms in total. The van der Waals surface area contributed by atoms with Gasteiger partial charge in [0.05, 0.1) is 16.1 Å². The molecule has 2 rings (SSSR count). The van der Waals surface area contributed by atoms with Crippen molar-refractivity contribution in [2.24, 2.45) is 0 Å². The molecule has 0 unspecified atom stereocenters. The van der Waals surface area contributed by atoms with Crippen LogP contribution in [-0.4, -0.2) is 12.4 Å². The number of hydrogen-bond donors (Lipinski definition) is 1. The molecule has 0 atom stereocenters. The summed E-state index contributed by atoms with van der Waals surface area (Å²) in [6, 6.07) is 4.64. The molecular formula is C11H10ClF3N2O2S. The van der Waals surface area contributed by atoms with E-state index in [4.69, 9.17) is 5.73 Å². The maximum absolute atomic E-state index is 12.4. The Morgan fingerprint density at radius 1 is 1.05 bits per heavy atom. The number of anilines is 1. The van der Waals surface area contributed by atoms with Crippen LogP contribution in [-0.2, 0) is 16.2 Å². The molecular weight excluding hydrogens is 317 g/mol. The van der Waals surface area contributed by atoms with Crippen molar-refractivity contribution >= 4 is 28.1 Å². The van der Waals surface area contributed by atoms with Crippen molar-refractivity contribution in [3.63, 3.8) is 0 Å². The van der Waals surface area contributed by atoms with Gasteiger partial charge in [0.15, 0.2) is 0 Å². The van der Waals surface area contributed by atoms with Crippen LogP contribution < -0.4 is 5.73 Å². The number of nitrogens with zero attached hydrogens (tertiary/aromatic N) is 1. The number of rotatable bonds is 2. The number of hydrogen-bond acceptors (Lipinski definition) is 3. The van der Waals surface area contributed by atoms with Crippen LogP contribution >= 0.6 is 12.4 Å². The third kappa shape index (κ3) is 3.07. The lowest BCUT2D eigenvalue weighted by Crippen LogP contribution is -2.12. The summed E-state index contributed by atoms with van der Waals surface area (Å²) < 4.78 is 62.0. The van der Waals surface area contributed by atoms with Gasteiger partial charge < -0.3 is 5.73 Å². The van der Waals surface area contributed by atoms with E-state index in [1.165, 1.54) is 18.5 Å². The molecule has 1 aromatic heterocycles. The van der Waals surface area contributed by atoms with Crippen molar-refractivity contribution in [1.29, 1.82) is 0 Å². The van der Waals surface area contributed by atoms with Crippen LogP contribution in [0, 0.1) is 0 Å². The quantitative estimate of drug-likeness (QED) is 0.923. The Balaban J connectivity index is 0.00000200. The number of nitrogen functional groups attached to an aromatic ring is 1. The number of nitrogens with two attached hydrogens (primary N) is 1. The van der Waals surface area contributed by atoms with Crippen LogP contribution in [0.2, 0.25) is 0 Å². The van der Waals surface area contributed by atoms with Crippen LogP contribution in [0.5, 0.6) is 0 Å². The number of aromatic nitrogens is 1. The van der Waals surface area contributed by atoms with Gasteiger partial charge in [0.2, 0.25) is 0 Å². The first-order valence-corrected chi connectivity index (χ1v) is 6.51. The van der Waals surface area contributed by atoms with E-state index in [9.17, 15) is 21.6 Å². The van der Waals surface area contributed by atoms with Crippen molar-refractivity contribution in [2.45, 2.75) is 11.1 Å². The molecule has 1 heterocycles. The Bertz CT molecular complexity index is 693. The largest absolute Gasteiger partial charge is 0.416 e. The molecule has 0 aliphatic heterocycles. The molecule has 9 heteroatoms. The number of halogens is 4. The van der Waals surface area contributed by atoms with E-state index in [1.807, 2.05) is 0 Å². The van der Waals surface area contributed by atoms with Crippen LogP contribution in [0.15, 0.2) is 47.6 Å². The first-order chi connectivity index (χ1) is 8.71. The van der Waals surface area contributed by atoms with Crippen LogP contribution in [0.4, 0.5) is 18.9 Å². The minimum absolute atomic E-state index is 0. The van der Waals surface area contributed by atoms with Crippen LogP contribution in [0.25, 0.3) is 0 Å². The van der Waals surface area contributed by atoms with Gasteiger partial charge in [0.25, 0.3) is 10.0 Å². The summed E-state index contributed by atoms with van der Waals surface area (Å²) in [5.74, 6) is 0. The van der Waals surface area contributed by atoms with E-state index in [0.29, 0.717) is 0 Å². The third-order valence-corrected chi connectivity index (χ3v) is 4.10. The molecule has 110 valence electrons. The first kappa shape index (κ1) is 16.4. The van der Waals surface area contributed by atoms with E-state index in [0.717, 1.165) is 28.2 Å². The lowest BCUT2D eigenvalue weighted by atomic mass is 10.2. The standard InChI is InChI=1S/C11H9F3N2O2S.ClH/c12-11(13,14)8-1-3-10(4-2-8)19(17,18)16-6-5-9(15)7-16;/h1-7H,15H2;1H. The van der Waals surface area contributed by atoms with Gasteiger partial charge in [0.1, 0.15) is 0 Å². The fourth-order valence-electron chi connectivity index (χ4n) is 1.48. The van der Waals surface area contributed by atoms with Gasteiger partial charge in [-0.3, -0.25) is 0 Å². The molecule has 1 aromatic carbocycles. The predicted octanol–water partition coefficient (Wildman–Crippen LogP) is 2.75. The lowest BCUT2D eigenvalue weighted by Gasteiger charge is -2.08. The van der Waals surface area contributed by atoms with Crippen molar-refractivity contribution in [3.05, 3.63) is 48.3 Å².